The number of hydrogen-bond acceptors (Lipinski definition) is 4. The first kappa shape index (κ1) is 11.6. The Morgan fingerprint density at radius 2 is 2.00 bits per heavy atom. The van der Waals surface area contributed by atoms with Gasteiger partial charge in [0.05, 0.1) is 0 Å². The Morgan fingerprint density at radius 1 is 1.40 bits per heavy atom. The van der Waals surface area contributed by atoms with Crippen molar-refractivity contribution in [3.05, 3.63) is 30.1 Å². The molecular weight excluding hydrogens is 220 g/mol. The normalized spacial score (nSPS) is 11.2. The SMILES string of the molecule is O=C(O)CS(=O)(=O)NCc1ccncc1. The third kappa shape index (κ3) is 4.52. The second-order valence-electron chi connectivity index (χ2n) is 2.83. The molecule has 2 N–H and O–H groups in total. The van der Waals surface area contributed by atoms with Gasteiger partial charge < -0.3 is 5.11 Å². The van der Waals surface area contributed by atoms with Crippen molar-refractivity contribution in [1.82, 2.24) is 9.71 Å². The minimum absolute atomic E-state index is 0.0676. The first-order chi connectivity index (χ1) is 6.99. The molecule has 0 aromatic carbocycles. The number of aliphatic carboxylic acids is 1. The summed E-state index contributed by atoms with van der Waals surface area (Å²) in [4.78, 5) is 14.0. The predicted octanol–water partition coefficient (Wildman–Crippen LogP) is -0.414. The molecule has 0 fully saturated rings. The van der Waals surface area contributed by atoms with Crippen molar-refractivity contribution >= 4 is 16.0 Å². The van der Waals surface area contributed by atoms with Crippen LogP contribution in [0.1, 0.15) is 5.56 Å². The van der Waals surface area contributed by atoms with Gasteiger partial charge in [-0.3, -0.25) is 9.78 Å². The molecule has 0 radical (unpaired) electrons. The van der Waals surface area contributed by atoms with Crippen molar-refractivity contribution in [1.29, 1.82) is 0 Å². The van der Waals surface area contributed by atoms with E-state index in [0.717, 1.165) is 5.56 Å². The highest BCUT2D eigenvalue weighted by atomic mass is 32.2. The number of hydrogen-bond donors (Lipinski definition) is 2. The molecule has 0 saturated carbocycles. The predicted molar refractivity (Wildman–Crippen MR) is 52.5 cm³/mol. The van der Waals surface area contributed by atoms with Crippen LogP contribution < -0.4 is 4.72 Å². The van der Waals surface area contributed by atoms with E-state index in [-0.39, 0.29) is 6.54 Å². The van der Waals surface area contributed by atoms with E-state index < -0.39 is 21.7 Å². The molecule has 0 atom stereocenters. The quantitative estimate of drug-likeness (QED) is 0.716. The number of pyridine rings is 1. The van der Waals surface area contributed by atoms with Gasteiger partial charge in [0, 0.05) is 18.9 Å². The minimum atomic E-state index is -3.75. The van der Waals surface area contributed by atoms with Crippen molar-refractivity contribution in [3.63, 3.8) is 0 Å². The third-order valence-corrected chi connectivity index (χ3v) is 2.77. The van der Waals surface area contributed by atoms with E-state index in [9.17, 15) is 13.2 Å². The van der Waals surface area contributed by atoms with Gasteiger partial charge in [-0.25, -0.2) is 13.1 Å². The summed E-state index contributed by atoms with van der Waals surface area (Å²) < 4.78 is 24.4. The number of carbonyl (C=O) groups is 1. The molecule has 6 nitrogen and oxygen atoms in total. The fourth-order valence-corrected chi connectivity index (χ4v) is 1.72. The Labute approximate surface area is 87.0 Å². The van der Waals surface area contributed by atoms with Gasteiger partial charge >= 0.3 is 5.97 Å². The summed E-state index contributed by atoms with van der Waals surface area (Å²) in [6, 6.07) is 3.28. The zero-order chi connectivity index (χ0) is 11.3. The van der Waals surface area contributed by atoms with Crippen molar-refractivity contribution < 1.29 is 18.3 Å². The lowest BCUT2D eigenvalue weighted by molar-refractivity contribution is -0.134. The van der Waals surface area contributed by atoms with Gasteiger partial charge in [-0.15, -0.1) is 0 Å². The second kappa shape index (κ2) is 4.85. The average molecular weight is 230 g/mol. The Kier molecular flexibility index (Phi) is 3.75. The zero-order valence-corrected chi connectivity index (χ0v) is 8.57. The van der Waals surface area contributed by atoms with E-state index in [1.54, 1.807) is 12.1 Å². The maximum Gasteiger partial charge on any atom is 0.320 e. The average Bonchev–Trinajstić information content (AvgIpc) is 2.15. The van der Waals surface area contributed by atoms with E-state index in [2.05, 4.69) is 9.71 Å². The monoisotopic (exact) mass is 230 g/mol. The smallest absolute Gasteiger partial charge is 0.320 e. The van der Waals surface area contributed by atoms with Gasteiger partial charge in [-0.1, -0.05) is 0 Å². The fraction of sp³-hybridized carbons (Fsp3) is 0.250. The van der Waals surface area contributed by atoms with Crippen LogP contribution in [0.3, 0.4) is 0 Å². The Bertz CT molecular complexity index is 429. The number of aromatic nitrogens is 1. The van der Waals surface area contributed by atoms with E-state index in [4.69, 9.17) is 5.11 Å². The number of rotatable bonds is 5. The van der Waals surface area contributed by atoms with Crippen molar-refractivity contribution in [3.8, 4) is 0 Å². The van der Waals surface area contributed by atoms with Crippen molar-refractivity contribution in [2.24, 2.45) is 0 Å². The topological polar surface area (TPSA) is 96.4 Å². The fourth-order valence-electron chi connectivity index (χ4n) is 0.908. The van der Waals surface area contributed by atoms with Crippen LogP contribution in [0, 0.1) is 0 Å². The Morgan fingerprint density at radius 3 is 2.53 bits per heavy atom. The molecule has 0 aliphatic rings. The summed E-state index contributed by atoms with van der Waals surface area (Å²) >= 11 is 0. The molecule has 82 valence electrons. The lowest BCUT2D eigenvalue weighted by Gasteiger charge is -2.03. The maximum absolute atomic E-state index is 11.1. The molecule has 0 saturated heterocycles. The molecule has 7 heteroatoms. The van der Waals surface area contributed by atoms with E-state index >= 15 is 0 Å². The van der Waals surface area contributed by atoms with Gasteiger partial charge in [0.25, 0.3) is 0 Å². The highest BCUT2D eigenvalue weighted by molar-refractivity contribution is 7.90. The van der Waals surface area contributed by atoms with Gasteiger partial charge in [0.1, 0.15) is 0 Å². The molecule has 1 aromatic rings. The summed E-state index contributed by atoms with van der Waals surface area (Å²) in [5.74, 6) is -2.30. The van der Waals surface area contributed by atoms with Crippen molar-refractivity contribution in [2.45, 2.75) is 6.54 Å². The first-order valence-corrected chi connectivity index (χ1v) is 5.73. The van der Waals surface area contributed by atoms with Crippen LogP contribution in [-0.2, 0) is 21.4 Å². The summed E-state index contributed by atoms with van der Waals surface area (Å²) in [5, 5.41) is 8.32. The van der Waals surface area contributed by atoms with Crippen molar-refractivity contribution in [2.75, 3.05) is 5.75 Å². The number of nitrogens with zero attached hydrogens (tertiary/aromatic N) is 1. The molecule has 1 aromatic heterocycles. The van der Waals surface area contributed by atoms with E-state index in [1.165, 1.54) is 12.4 Å². The lowest BCUT2D eigenvalue weighted by Crippen LogP contribution is -2.29. The molecule has 0 unspecified atom stereocenters. The van der Waals surface area contributed by atoms with Crippen LogP contribution in [0.5, 0.6) is 0 Å². The lowest BCUT2D eigenvalue weighted by atomic mass is 10.3. The molecule has 0 aliphatic carbocycles. The molecule has 1 heterocycles. The summed E-state index contributed by atoms with van der Waals surface area (Å²) in [6.45, 7) is 0.0676. The largest absolute Gasteiger partial charge is 0.480 e. The minimum Gasteiger partial charge on any atom is -0.480 e. The Hall–Kier alpha value is -1.47. The van der Waals surface area contributed by atoms with E-state index in [0.29, 0.717) is 0 Å². The van der Waals surface area contributed by atoms with Crippen LogP contribution in [0.25, 0.3) is 0 Å². The molecule has 0 aliphatic heterocycles. The number of nitrogens with one attached hydrogen (secondary N) is 1. The standard InChI is InChI=1S/C8H10N2O4S/c11-8(12)6-15(13,14)10-5-7-1-3-9-4-2-7/h1-4,10H,5-6H2,(H,11,12). The van der Waals surface area contributed by atoms with Crippen LogP contribution in [-0.4, -0.2) is 30.2 Å². The second-order valence-corrected chi connectivity index (χ2v) is 4.64. The number of sulfonamides is 1. The highest BCUT2D eigenvalue weighted by Gasteiger charge is 2.14. The first-order valence-electron chi connectivity index (χ1n) is 4.07. The number of carboxylic acid groups (broad SMARTS) is 1. The molecule has 0 amide bonds. The van der Waals surface area contributed by atoms with Crippen LogP contribution in [0.4, 0.5) is 0 Å². The molecule has 0 spiro atoms. The van der Waals surface area contributed by atoms with Gasteiger partial charge in [-0.2, -0.15) is 0 Å². The molecule has 0 bridgehead atoms. The number of carboxylic acids is 1. The third-order valence-electron chi connectivity index (χ3n) is 1.56. The summed E-state index contributed by atoms with van der Waals surface area (Å²) in [7, 11) is -3.75. The summed E-state index contributed by atoms with van der Waals surface area (Å²) in [5.41, 5.74) is 0.721. The zero-order valence-electron chi connectivity index (χ0n) is 7.75. The summed E-state index contributed by atoms with van der Waals surface area (Å²) in [6.07, 6.45) is 3.06. The molecular formula is C8H10N2O4S. The van der Waals surface area contributed by atoms with Gasteiger partial charge in [0.2, 0.25) is 10.0 Å². The van der Waals surface area contributed by atoms with Gasteiger partial charge in [0.15, 0.2) is 5.75 Å². The van der Waals surface area contributed by atoms with Gasteiger partial charge in [-0.05, 0) is 17.7 Å². The maximum atomic E-state index is 11.1. The van der Waals surface area contributed by atoms with E-state index in [1.807, 2.05) is 0 Å². The molecule has 15 heavy (non-hydrogen) atoms. The van der Waals surface area contributed by atoms with Crippen LogP contribution in [0.15, 0.2) is 24.5 Å². The highest BCUT2D eigenvalue weighted by Crippen LogP contribution is 1.96. The van der Waals surface area contributed by atoms with Crippen LogP contribution >= 0.6 is 0 Å². The Balaban J connectivity index is 2.54. The van der Waals surface area contributed by atoms with Crippen LogP contribution in [0.2, 0.25) is 0 Å². The molecule has 1 rings (SSSR count).